The van der Waals surface area contributed by atoms with E-state index in [-0.39, 0.29) is 13.3 Å². The van der Waals surface area contributed by atoms with E-state index in [4.69, 9.17) is 0 Å². The summed E-state index contributed by atoms with van der Waals surface area (Å²) in [5, 5.41) is 12.7. The Bertz CT molecular complexity index is 339. The van der Waals surface area contributed by atoms with Crippen LogP contribution in [0.1, 0.15) is 69.2 Å². The van der Waals surface area contributed by atoms with Gasteiger partial charge in [0, 0.05) is 50.4 Å². The first-order chi connectivity index (χ1) is 11.6. The lowest BCUT2D eigenvalue weighted by Gasteiger charge is -2.13. The highest BCUT2D eigenvalue weighted by Gasteiger charge is 2.03. The molecular weight excluding hydrogens is 324 g/mol. The third-order valence-corrected chi connectivity index (χ3v) is 3.32. The van der Waals surface area contributed by atoms with Crippen molar-refractivity contribution < 1.29 is 4.79 Å². The van der Waals surface area contributed by atoms with E-state index in [1.54, 1.807) is 0 Å². The van der Waals surface area contributed by atoms with Crippen molar-refractivity contribution in [3.8, 4) is 0 Å². The zero-order valence-electron chi connectivity index (χ0n) is 18.0. The van der Waals surface area contributed by atoms with E-state index >= 15 is 0 Å². The minimum Gasteiger partial charge on any atom is -0.387 e. The minimum atomic E-state index is 0. The Kier molecular flexibility index (Phi) is 21.4. The molecule has 5 nitrogen and oxygen atoms in total. The Labute approximate surface area is 164 Å². The molecule has 0 heterocycles. The van der Waals surface area contributed by atoms with E-state index in [1.165, 1.54) is 0 Å². The summed E-state index contributed by atoms with van der Waals surface area (Å²) in [5.41, 5.74) is 1.13. The van der Waals surface area contributed by atoms with Crippen LogP contribution < -0.4 is 21.3 Å². The van der Waals surface area contributed by atoms with Crippen LogP contribution in [0, 0.1) is 11.8 Å². The normalized spacial score (nSPS) is 10.5. The molecule has 0 fully saturated rings. The molecular formula is C21H48N4O. The summed E-state index contributed by atoms with van der Waals surface area (Å²) in [6.07, 6.45) is 0.627. The maximum atomic E-state index is 11.2. The van der Waals surface area contributed by atoms with Crippen LogP contribution in [0.2, 0.25) is 0 Å². The van der Waals surface area contributed by atoms with E-state index in [1.807, 2.05) is 13.8 Å². The Morgan fingerprint density at radius 3 is 1.54 bits per heavy atom. The van der Waals surface area contributed by atoms with Crippen molar-refractivity contribution in [2.45, 2.75) is 81.3 Å². The van der Waals surface area contributed by atoms with Crippen LogP contribution in [0.15, 0.2) is 12.3 Å². The second-order valence-electron chi connectivity index (χ2n) is 7.77. The molecule has 0 aromatic carbocycles. The molecule has 0 aromatic rings. The molecule has 0 aliphatic carbocycles. The molecule has 0 bridgehead atoms. The molecule has 0 saturated carbocycles. The second kappa shape index (κ2) is 18.7. The number of hydrogen-bond donors (Lipinski definition) is 4. The smallest absolute Gasteiger partial charge is 0.220 e. The highest BCUT2D eigenvalue weighted by molar-refractivity contribution is 5.75. The number of rotatable bonds is 12. The van der Waals surface area contributed by atoms with Gasteiger partial charge in [-0.05, 0) is 11.8 Å². The van der Waals surface area contributed by atoms with Crippen LogP contribution in [-0.2, 0) is 4.79 Å². The molecule has 158 valence electrons. The molecule has 0 aromatic heterocycles. The first kappa shape index (κ1) is 29.7. The van der Waals surface area contributed by atoms with E-state index in [2.05, 4.69) is 69.4 Å². The molecule has 1 amide bonds. The Morgan fingerprint density at radius 1 is 0.769 bits per heavy atom. The lowest BCUT2D eigenvalue weighted by molar-refractivity contribution is -0.121. The van der Waals surface area contributed by atoms with Gasteiger partial charge < -0.3 is 21.3 Å². The molecule has 0 aliphatic heterocycles. The van der Waals surface area contributed by atoms with E-state index in [0.717, 1.165) is 31.9 Å². The monoisotopic (exact) mass is 372 g/mol. The zero-order chi connectivity index (χ0) is 19.8. The Morgan fingerprint density at radius 2 is 1.19 bits per heavy atom. The highest BCUT2D eigenvalue weighted by Crippen LogP contribution is 2.00. The van der Waals surface area contributed by atoms with Gasteiger partial charge in [0.05, 0.1) is 0 Å². The molecule has 26 heavy (non-hydrogen) atoms. The largest absolute Gasteiger partial charge is 0.387 e. The summed E-state index contributed by atoms with van der Waals surface area (Å²) >= 11 is 0. The molecule has 5 heteroatoms. The summed E-state index contributed by atoms with van der Waals surface area (Å²) in [6, 6.07) is 1.06. The van der Waals surface area contributed by atoms with Crippen LogP contribution in [0.5, 0.6) is 0 Å². The summed E-state index contributed by atoms with van der Waals surface area (Å²) in [7, 11) is 0. The van der Waals surface area contributed by atoms with Crippen molar-refractivity contribution in [3.63, 3.8) is 0 Å². The van der Waals surface area contributed by atoms with Crippen molar-refractivity contribution in [1.29, 1.82) is 0 Å². The van der Waals surface area contributed by atoms with Gasteiger partial charge in [-0.1, -0.05) is 69.4 Å². The number of nitrogens with one attached hydrogen (secondary N) is 4. The molecule has 0 radical (unpaired) electrons. The fourth-order valence-electron chi connectivity index (χ4n) is 1.79. The van der Waals surface area contributed by atoms with E-state index in [0.29, 0.717) is 30.3 Å². The van der Waals surface area contributed by atoms with Crippen LogP contribution in [0.3, 0.4) is 0 Å². The maximum Gasteiger partial charge on any atom is 0.220 e. The molecule has 0 atom stereocenters. The van der Waals surface area contributed by atoms with Crippen molar-refractivity contribution in [2.24, 2.45) is 11.8 Å². The summed E-state index contributed by atoms with van der Waals surface area (Å²) < 4.78 is 0. The lowest BCUT2D eigenvalue weighted by atomic mass is 10.1. The third-order valence-electron chi connectivity index (χ3n) is 3.32. The van der Waals surface area contributed by atoms with Gasteiger partial charge in [0.15, 0.2) is 0 Å². The average molecular weight is 373 g/mol. The number of carbonyl (C=O) groups is 1. The number of hydrogen-bond acceptors (Lipinski definition) is 4. The summed E-state index contributed by atoms with van der Waals surface area (Å²) in [4.78, 5) is 11.2. The van der Waals surface area contributed by atoms with Crippen molar-refractivity contribution in [3.05, 3.63) is 12.3 Å². The minimum absolute atomic E-state index is 0. The average Bonchev–Trinajstić information content (AvgIpc) is 2.47. The first-order valence-corrected chi connectivity index (χ1v) is 9.72. The SMILES string of the molecule is C.C=C(NCCNC(C)C)C(C)C.CC(C)CC(=O)NCCNC(C)C. The fourth-order valence-corrected chi connectivity index (χ4v) is 1.79. The van der Waals surface area contributed by atoms with Gasteiger partial charge in [-0.25, -0.2) is 0 Å². The summed E-state index contributed by atoms with van der Waals surface area (Å²) in [5.74, 6) is 1.13. The predicted octanol–water partition coefficient (Wildman–Crippen LogP) is 3.53. The molecule has 0 rings (SSSR count). The van der Waals surface area contributed by atoms with Crippen molar-refractivity contribution in [2.75, 3.05) is 26.2 Å². The maximum absolute atomic E-state index is 11.2. The molecule has 0 saturated heterocycles. The lowest BCUT2D eigenvalue weighted by Crippen LogP contribution is -2.34. The van der Waals surface area contributed by atoms with Crippen molar-refractivity contribution >= 4 is 5.91 Å². The third kappa shape index (κ3) is 25.2. The number of allylic oxidation sites excluding steroid dienone is 1. The first-order valence-electron chi connectivity index (χ1n) is 9.72. The van der Waals surface area contributed by atoms with Gasteiger partial charge in [-0.3, -0.25) is 4.79 Å². The van der Waals surface area contributed by atoms with Crippen LogP contribution >= 0.6 is 0 Å². The van der Waals surface area contributed by atoms with Gasteiger partial charge in [-0.15, -0.1) is 0 Å². The topological polar surface area (TPSA) is 65.2 Å². The number of amides is 1. The number of carbonyl (C=O) groups excluding carboxylic acids is 1. The second-order valence-corrected chi connectivity index (χ2v) is 7.77. The van der Waals surface area contributed by atoms with Crippen molar-refractivity contribution in [1.82, 2.24) is 21.3 Å². The fraction of sp³-hybridized carbons (Fsp3) is 0.857. The molecule has 0 spiro atoms. The van der Waals surface area contributed by atoms with Gasteiger partial charge >= 0.3 is 0 Å². The van der Waals surface area contributed by atoms with Gasteiger partial charge in [0.25, 0.3) is 0 Å². The van der Waals surface area contributed by atoms with Gasteiger partial charge in [0.2, 0.25) is 5.91 Å². The van der Waals surface area contributed by atoms with E-state index < -0.39 is 0 Å². The zero-order valence-corrected chi connectivity index (χ0v) is 18.0. The van der Waals surface area contributed by atoms with Gasteiger partial charge in [-0.2, -0.15) is 0 Å². The van der Waals surface area contributed by atoms with Crippen LogP contribution in [-0.4, -0.2) is 44.2 Å². The van der Waals surface area contributed by atoms with Gasteiger partial charge in [0.1, 0.15) is 0 Å². The van der Waals surface area contributed by atoms with Crippen LogP contribution in [0.25, 0.3) is 0 Å². The Hall–Kier alpha value is -1.07. The summed E-state index contributed by atoms with van der Waals surface area (Å²) in [6.45, 7) is 24.3. The Balaban J connectivity index is -0.000000393. The predicted molar refractivity (Wildman–Crippen MR) is 117 cm³/mol. The molecule has 4 N–H and O–H groups in total. The van der Waals surface area contributed by atoms with E-state index in [9.17, 15) is 4.79 Å². The standard InChI is InChI=1S/C10H22N2O.C10H22N2.CH4/c1-8(2)7-10(13)12-6-5-11-9(3)4;1-8(2)10(5)12-7-6-11-9(3)4;/h8-9,11H,5-7H2,1-4H3,(H,12,13);8-9,11-12H,5-7H2,1-4H3;1H4. The van der Waals surface area contributed by atoms with Crippen LogP contribution in [0.4, 0.5) is 0 Å². The quantitative estimate of drug-likeness (QED) is 0.396. The molecule has 0 unspecified atom stereocenters. The molecule has 0 aliphatic rings. The highest BCUT2D eigenvalue weighted by atomic mass is 16.1.